The second-order valence-electron chi connectivity index (χ2n) is 5.92. The summed E-state index contributed by atoms with van der Waals surface area (Å²) in [5.41, 5.74) is 1.57. The van der Waals surface area contributed by atoms with E-state index < -0.39 is 4.92 Å². The molecule has 0 aliphatic heterocycles. The number of nitro groups is 1. The van der Waals surface area contributed by atoms with Gasteiger partial charge in [0.25, 0.3) is 5.69 Å². The number of pyridine rings is 1. The van der Waals surface area contributed by atoms with E-state index >= 15 is 0 Å². The number of rotatable bonds is 6. The Bertz CT molecular complexity index is 1170. The number of methoxy groups -OCH3 is 1. The van der Waals surface area contributed by atoms with E-state index in [9.17, 15) is 15.4 Å². The maximum absolute atomic E-state index is 10.7. The zero-order valence-electron chi connectivity index (χ0n) is 15.5. The number of benzene rings is 2. The molecule has 3 aromatic rings. The van der Waals surface area contributed by atoms with Gasteiger partial charge in [0.15, 0.2) is 11.5 Å². The average molecular weight is 442 g/mol. The molecule has 9 heteroatoms. The highest BCUT2D eigenvalue weighted by Crippen LogP contribution is 2.33. The van der Waals surface area contributed by atoms with E-state index in [2.05, 4.69) is 11.1 Å². The minimum Gasteiger partial charge on any atom is -0.493 e. The van der Waals surface area contributed by atoms with Crippen molar-refractivity contribution in [2.75, 3.05) is 7.11 Å². The zero-order valence-corrected chi connectivity index (χ0v) is 17.0. The Morgan fingerprint density at radius 1 is 1.13 bits per heavy atom. The molecule has 2 aromatic carbocycles. The maximum Gasteiger partial charge on any atom is 0.287 e. The van der Waals surface area contributed by atoms with Crippen LogP contribution in [0.15, 0.2) is 54.7 Å². The van der Waals surface area contributed by atoms with Gasteiger partial charge in [-0.25, -0.2) is 4.98 Å². The molecule has 0 N–H and O–H groups in total. The summed E-state index contributed by atoms with van der Waals surface area (Å²) >= 11 is 12.0. The fraction of sp³-hybridized carbons (Fsp3) is 0.0476. The monoisotopic (exact) mass is 441 g/mol. The summed E-state index contributed by atoms with van der Waals surface area (Å²) in [6.45, 7) is 0. The number of nitriles is 1. The van der Waals surface area contributed by atoms with Crippen molar-refractivity contribution >= 4 is 40.5 Å². The van der Waals surface area contributed by atoms with Crippen LogP contribution in [0.3, 0.4) is 0 Å². The first-order chi connectivity index (χ1) is 14.4. The summed E-state index contributed by atoms with van der Waals surface area (Å²) in [5.74, 6) is 0.940. The fourth-order valence-electron chi connectivity index (χ4n) is 2.52. The van der Waals surface area contributed by atoms with Crippen molar-refractivity contribution in [1.82, 2.24) is 4.98 Å². The molecule has 0 fully saturated rings. The summed E-state index contributed by atoms with van der Waals surface area (Å²) in [6, 6.07) is 14.9. The van der Waals surface area contributed by atoms with Crippen LogP contribution in [-0.2, 0) is 0 Å². The Labute approximate surface area is 181 Å². The highest BCUT2D eigenvalue weighted by Gasteiger charge is 2.11. The third-order valence-corrected chi connectivity index (χ3v) is 4.73. The predicted molar refractivity (Wildman–Crippen MR) is 114 cm³/mol. The molecule has 0 aliphatic carbocycles. The Hall–Kier alpha value is -3.60. The largest absolute Gasteiger partial charge is 0.493 e. The second-order valence-corrected chi connectivity index (χ2v) is 6.74. The van der Waals surface area contributed by atoms with E-state index in [1.807, 2.05) is 0 Å². The lowest BCUT2D eigenvalue weighted by Crippen LogP contribution is -1.94. The molecule has 1 heterocycles. The normalized spacial score (nSPS) is 10.9. The molecule has 0 bridgehead atoms. The quantitative estimate of drug-likeness (QED) is 0.196. The highest BCUT2D eigenvalue weighted by atomic mass is 35.5. The van der Waals surface area contributed by atoms with Crippen LogP contribution in [-0.4, -0.2) is 17.0 Å². The van der Waals surface area contributed by atoms with Gasteiger partial charge in [0.05, 0.1) is 33.7 Å². The lowest BCUT2D eigenvalue weighted by molar-refractivity contribution is -0.385. The van der Waals surface area contributed by atoms with Crippen LogP contribution in [0.1, 0.15) is 11.1 Å². The number of ether oxygens (including phenoxy) is 2. The Balaban J connectivity index is 1.89. The highest BCUT2D eigenvalue weighted by molar-refractivity contribution is 6.42. The van der Waals surface area contributed by atoms with E-state index in [4.69, 9.17) is 32.7 Å². The SMILES string of the molecule is COc1cc(/C=C(\C#N)c2ccc(Cl)c(Cl)c2)ccc1Oc1ccc([N+](=O)[O-])cn1. The molecular formula is C21H13Cl2N3O4. The molecule has 0 radical (unpaired) electrons. The lowest BCUT2D eigenvalue weighted by Gasteiger charge is -2.10. The molecule has 150 valence electrons. The first kappa shape index (κ1) is 21.1. The van der Waals surface area contributed by atoms with Crippen molar-refractivity contribution in [3.63, 3.8) is 0 Å². The predicted octanol–water partition coefficient (Wildman–Crippen LogP) is 6.16. The van der Waals surface area contributed by atoms with Crippen molar-refractivity contribution in [3.05, 3.63) is 86.0 Å². The third-order valence-electron chi connectivity index (χ3n) is 4.00. The maximum atomic E-state index is 10.7. The van der Waals surface area contributed by atoms with Crippen LogP contribution < -0.4 is 9.47 Å². The number of allylic oxidation sites excluding steroid dienone is 1. The standard InChI is InChI=1S/C21H13Cl2N3O4/c1-29-20-9-13(8-15(11-24)14-3-5-17(22)18(23)10-14)2-6-19(20)30-21-7-4-16(12-25-21)26(27)28/h2-10,12H,1H3/b15-8+. The van der Waals surface area contributed by atoms with Gasteiger partial charge in [-0.3, -0.25) is 10.1 Å². The first-order valence-electron chi connectivity index (χ1n) is 8.45. The summed E-state index contributed by atoms with van der Waals surface area (Å²) in [7, 11) is 1.48. The molecule has 30 heavy (non-hydrogen) atoms. The number of nitrogens with zero attached hydrogens (tertiary/aromatic N) is 3. The van der Waals surface area contributed by atoms with Gasteiger partial charge in [-0.1, -0.05) is 35.3 Å². The van der Waals surface area contributed by atoms with Gasteiger partial charge in [0.1, 0.15) is 6.20 Å². The molecule has 0 saturated heterocycles. The molecule has 0 saturated carbocycles. The van der Waals surface area contributed by atoms with Crippen LogP contribution in [0.2, 0.25) is 10.0 Å². The molecule has 0 spiro atoms. The van der Waals surface area contributed by atoms with Gasteiger partial charge in [-0.05, 0) is 41.5 Å². The average Bonchev–Trinajstić information content (AvgIpc) is 2.75. The molecule has 0 aliphatic rings. The Morgan fingerprint density at radius 3 is 2.53 bits per heavy atom. The van der Waals surface area contributed by atoms with Gasteiger partial charge in [0.2, 0.25) is 5.88 Å². The molecule has 7 nitrogen and oxygen atoms in total. The number of halogens is 2. The van der Waals surface area contributed by atoms with Gasteiger partial charge >= 0.3 is 0 Å². The van der Waals surface area contributed by atoms with Gasteiger partial charge in [-0.2, -0.15) is 5.26 Å². The van der Waals surface area contributed by atoms with E-state index in [0.29, 0.717) is 38.2 Å². The van der Waals surface area contributed by atoms with Crippen molar-refractivity contribution in [2.45, 2.75) is 0 Å². The Morgan fingerprint density at radius 2 is 1.93 bits per heavy atom. The fourth-order valence-corrected chi connectivity index (χ4v) is 2.82. The van der Waals surface area contributed by atoms with E-state index in [0.717, 1.165) is 6.20 Å². The number of aromatic nitrogens is 1. The molecule has 0 unspecified atom stereocenters. The second kappa shape index (κ2) is 9.27. The zero-order chi connectivity index (χ0) is 21.7. The first-order valence-corrected chi connectivity index (χ1v) is 9.20. The summed E-state index contributed by atoms with van der Waals surface area (Å²) in [4.78, 5) is 14.1. The van der Waals surface area contributed by atoms with Crippen molar-refractivity contribution in [3.8, 4) is 23.4 Å². The topological polar surface area (TPSA) is 98.3 Å². The minimum absolute atomic E-state index is 0.138. The summed E-state index contributed by atoms with van der Waals surface area (Å²) < 4.78 is 11.0. The van der Waals surface area contributed by atoms with Crippen LogP contribution in [0.25, 0.3) is 11.6 Å². The lowest BCUT2D eigenvalue weighted by atomic mass is 10.0. The smallest absolute Gasteiger partial charge is 0.287 e. The summed E-state index contributed by atoms with van der Waals surface area (Å²) in [5, 5.41) is 21.0. The molecule has 0 amide bonds. The van der Waals surface area contributed by atoms with Crippen molar-refractivity contribution in [1.29, 1.82) is 5.26 Å². The summed E-state index contributed by atoms with van der Waals surface area (Å²) in [6.07, 6.45) is 2.78. The van der Waals surface area contributed by atoms with Crippen molar-refractivity contribution < 1.29 is 14.4 Å². The number of hydrogen-bond donors (Lipinski definition) is 0. The van der Waals surface area contributed by atoms with Gasteiger partial charge < -0.3 is 9.47 Å². The molecule has 3 rings (SSSR count). The van der Waals surface area contributed by atoms with Crippen LogP contribution >= 0.6 is 23.2 Å². The Kier molecular flexibility index (Phi) is 6.52. The van der Waals surface area contributed by atoms with E-state index in [-0.39, 0.29) is 11.6 Å². The molecule has 0 atom stereocenters. The van der Waals surface area contributed by atoms with Gasteiger partial charge in [-0.15, -0.1) is 0 Å². The molecular weight excluding hydrogens is 429 g/mol. The van der Waals surface area contributed by atoms with Crippen molar-refractivity contribution in [2.24, 2.45) is 0 Å². The van der Waals surface area contributed by atoms with E-state index in [1.165, 1.54) is 19.2 Å². The minimum atomic E-state index is -0.543. The molecule has 1 aromatic heterocycles. The van der Waals surface area contributed by atoms with Crippen LogP contribution in [0.5, 0.6) is 17.4 Å². The van der Waals surface area contributed by atoms with Crippen LogP contribution in [0, 0.1) is 21.4 Å². The van der Waals surface area contributed by atoms with Crippen LogP contribution in [0.4, 0.5) is 5.69 Å². The third kappa shape index (κ3) is 4.87. The number of hydrogen-bond acceptors (Lipinski definition) is 6. The van der Waals surface area contributed by atoms with E-state index in [1.54, 1.807) is 42.5 Å². The van der Waals surface area contributed by atoms with Gasteiger partial charge in [0, 0.05) is 12.1 Å².